The fourth-order valence-corrected chi connectivity index (χ4v) is 4.20. The number of sulfonamides is 1. The Hall–Kier alpha value is -3.04. The maximum atomic E-state index is 12.9. The summed E-state index contributed by atoms with van der Waals surface area (Å²) in [7, 11) is -0.953. The SMILES string of the molecule is CN(Cc1ccc(OC(F)F)cc1)C(=O)CN(C)S(=O)(=O)c1ccc2ccccc2c1. The Morgan fingerprint density at radius 1 is 0.968 bits per heavy atom. The number of hydrogen-bond acceptors (Lipinski definition) is 4. The number of rotatable bonds is 8. The Morgan fingerprint density at radius 3 is 2.26 bits per heavy atom. The molecule has 3 aromatic carbocycles. The Balaban J connectivity index is 1.65. The van der Waals surface area contributed by atoms with E-state index in [1.807, 2.05) is 24.3 Å². The Kier molecular flexibility index (Phi) is 6.87. The van der Waals surface area contributed by atoms with Gasteiger partial charge in [-0.25, -0.2) is 8.42 Å². The van der Waals surface area contributed by atoms with E-state index < -0.39 is 22.5 Å². The van der Waals surface area contributed by atoms with Gasteiger partial charge in [0.2, 0.25) is 15.9 Å². The van der Waals surface area contributed by atoms with Gasteiger partial charge in [0.25, 0.3) is 0 Å². The zero-order chi connectivity index (χ0) is 22.6. The molecule has 0 aliphatic heterocycles. The molecule has 0 aliphatic carbocycles. The van der Waals surface area contributed by atoms with Gasteiger partial charge < -0.3 is 9.64 Å². The first-order chi connectivity index (χ1) is 14.7. The second-order valence-corrected chi connectivity index (χ2v) is 9.09. The van der Waals surface area contributed by atoms with E-state index in [1.165, 1.54) is 30.1 Å². The van der Waals surface area contributed by atoms with Gasteiger partial charge in [-0.3, -0.25) is 4.79 Å². The Bertz CT molecular complexity index is 1170. The van der Waals surface area contributed by atoms with Crippen molar-refractivity contribution in [3.8, 4) is 5.75 Å². The summed E-state index contributed by atoms with van der Waals surface area (Å²) in [5.74, 6) is -0.381. The second kappa shape index (κ2) is 9.40. The number of carbonyl (C=O) groups is 1. The minimum Gasteiger partial charge on any atom is -0.435 e. The number of ether oxygens (including phenoxy) is 1. The lowest BCUT2D eigenvalue weighted by Gasteiger charge is -2.22. The van der Waals surface area contributed by atoms with Crippen LogP contribution in [0.25, 0.3) is 10.8 Å². The van der Waals surface area contributed by atoms with Gasteiger partial charge in [-0.2, -0.15) is 13.1 Å². The van der Waals surface area contributed by atoms with E-state index in [0.717, 1.165) is 15.1 Å². The number of hydrogen-bond donors (Lipinski definition) is 0. The van der Waals surface area contributed by atoms with E-state index in [2.05, 4.69) is 4.74 Å². The average Bonchev–Trinajstić information content (AvgIpc) is 2.74. The molecule has 31 heavy (non-hydrogen) atoms. The van der Waals surface area contributed by atoms with Gasteiger partial charge in [0.05, 0.1) is 11.4 Å². The van der Waals surface area contributed by atoms with Crippen LogP contribution in [-0.4, -0.2) is 50.8 Å². The molecule has 0 spiro atoms. The number of fused-ring (bicyclic) bond motifs is 1. The van der Waals surface area contributed by atoms with Gasteiger partial charge in [-0.15, -0.1) is 0 Å². The van der Waals surface area contributed by atoms with Crippen LogP contribution in [0.4, 0.5) is 8.78 Å². The summed E-state index contributed by atoms with van der Waals surface area (Å²) in [5, 5.41) is 1.71. The summed E-state index contributed by atoms with van der Waals surface area (Å²) in [5.41, 5.74) is 0.692. The Morgan fingerprint density at radius 2 is 1.61 bits per heavy atom. The average molecular weight is 448 g/mol. The van der Waals surface area contributed by atoms with Crippen LogP contribution >= 0.6 is 0 Å². The van der Waals surface area contributed by atoms with Crippen LogP contribution in [0.15, 0.2) is 71.6 Å². The number of benzene rings is 3. The predicted octanol–water partition coefficient (Wildman–Crippen LogP) is 3.72. The highest BCUT2D eigenvalue weighted by atomic mass is 32.2. The highest BCUT2D eigenvalue weighted by Gasteiger charge is 2.24. The third kappa shape index (κ3) is 5.56. The molecular weight excluding hydrogens is 426 g/mol. The first kappa shape index (κ1) is 22.6. The molecule has 0 bridgehead atoms. The fraction of sp³-hybridized carbons (Fsp3) is 0.227. The van der Waals surface area contributed by atoms with Crippen molar-refractivity contribution in [2.75, 3.05) is 20.6 Å². The first-order valence-corrected chi connectivity index (χ1v) is 10.8. The number of carbonyl (C=O) groups excluding carboxylic acids is 1. The molecule has 0 saturated carbocycles. The molecule has 3 aromatic rings. The van der Waals surface area contributed by atoms with Crippen LogP contribution in [0.1, 0.15) is 5.56 Å². The van der Waals surface area contributed by atoms with Gasteiger partial charge in [0.15, 0.2) is 0 Å². The second-order valence-electron chi connectivity index (χ2n) is 7.04. The van der Waals surface area contributed by atoms with E-state index in [9.17, 15) is 22.0 Å². The lowest BCUT2D eigenvalue weighted by Crippen LogP contribution is -2.39. The monoisotopic (exact) mass is 448 g/mol. The number of amides is 1. The standard InChI is InChI=1S/C22H22F2N2O4S/c1-25(14-16-7-10-19(11-8-16)30-22(23)24)21(27)15-26(2)31(28,29)20-12-9-17-5-3-4-6-18(17)13-20/h3-13,22H,14-15H2,1-2H3. The number of halogens is 2. The first-order valence-electron chi connectivity index (χ1n) is 9.39. The van der Waals surface area contributed by atoms with Gasteiger partial charge >= 0.3 is 6.61 Å². The van der Waals surface area contributed by atoms with Gasteiger partial charge in [0, 0.05) is 20.6 Å². The number of alkyl halides is 2. The van der Waals surface area contributed by atoms with E-state index in [0.29, 0.717) is 5.56 Å². The summed E-state index contributed by atoms with van der Waals surface area (Å²) in [6.45, 7) is -3.05. The summed E-state index contributed by atoms with van der Waals surface area (Å²) >= 11 is 0. The molecule has 0 heterocycles. The third-order valence-corrected chi connectivity index (χ3v) is 6.58. The lowest BCUT2D eigenvalue weighted by molar-refractivity contribution is -0.130. The van der Waals surface area contributed by atoms with Gasteiger partial charge in [-0.1, -0.05) is 42.5 Å². The van der Waals surface area contributed by atoms with Crippen molar-refractivity contribution >= 4 is 26.7 Å². The van der Waals surface area contributed by atoms with Crippen molar-refractivity contribution in [2.24, 2.45) is 0 Å². The molecule has 0 aliphatic rings. The number of nitrogens with zero attached hydrogens (tertiary/aromatic N) is 2. The van der Waals surface area contributed by atoms with Crippen molar-refractivity contribution in [3.63, 3.8) is 0 Å². The van der Waals surface area contributed by atoms with Crippen molar-refractivity contribution in [3.05, 3.63) is 72.3 Å². The van der Waals surface area contributed by atoms with Crippen LogP contribution in [0.5, 0.6) is 5.75 Å². The zero-order valence-electron chi connectivity index (χ0n) is 17.0. The maximum absolute atomic E-state index is 12.9. The molecule has 0 saturated heterocycles. The third-order valence-electron chi connectivity index (χ3n) is 4.78. The van der Waals surface area contributed by atoms with Crippen molar-refractivity contribution < 1.29 is 26.7 Å². The molecular formula is C22H22F2N2O4S. The molecule has 0 atom stereocenters. The minimum atomic E-state index is -3.85. The largest absolute Gasteiger partial charge is 0.435 e. The molecule has 1 amide bonds. The Labute approximate surface area is 179 Å². The quantitative estimate of drug-likeness (QED) is 0.527. The summed E-state index contributed by atoms with van der Waals surface area (Å²) in [6, 6.07) is 18.1. The highest BCUT2D eigenvalue weighted by Crippen LogP contribution is 2.21. The number of likely N-dealkylation sites (N-methyl/N-ethyl adjacent to an activating group) is 2. The summed E-state index contributed by atoms with van der Waals surface area (Å²) < 4.78 is 55.5. The van der Waals surface area contributed by atoms with E-state index in [-0.39, 0.29) is 23.7 Å². The van der Waals surface area contributed by atoms with Gasteiger partial charge in [-0.05, 0) is 40.6 Å². The van der Waals surface area contributed by atoms with Crippen LogP contribution < -0.4 is 4.74 Å². The maximum Gasteiger partial charge on any atom is 0.387 e. The molecule has 0 fully saturated rings. The van der Waals surface area contributed by atoms with Crippen molar-refractivity contribution in [1.29, 1.82) is 0 Å². The van der Waals surface area contributed by atoms with Crippen LogP contribution in [-0.2, 0) is 21.4 Å². The molecule has 0 N–H and O–H groups in total. The summed E-state index contributed by atoms with van der Waals surface area (Å²) in [4.78, 5) is 14.0. The molecule has 164 valence electrons. The molecule has 0 radical (unpaired) electrons. The van der Waals surface area contributed by atoms with E-state index in [1.54, 1.807) is 31.3 Å². The topological polar surface area (TPSA) is 66.9 Å². The van der Waals surface area contributed by atoms with Gasteiger partial charge in [0.1, 0.15) is 5.75 Å². The fourth-order valence-electron chi connectivity index (χ4n) is 3.04. The molecule has 9 heteroatoms. The molecule has 3 rings (SSSR count). The molecule has 6 nitrogen and oxygen atoms in total. The zero-order valence-corrected chi connectivity index (χ0v) is 17.9. The van der Waals surface area contributed by atoms with Crippen molar-refractivity contribution in [1.82, 2.24) is 9.21 Å². The van der Waals surface area contributed by atoms with Crippen LogP contribution in [0, 0.1) is 0 Å². The molecule has 0 aromatic heterocycles. The van der Waals surface area contributed by atoms with Crippen LogP contribution in [0.2, 0.25) is 0 Å². The highest BCUT2D eigenvalue weighted by molar-refractivity contribution is 7.89. The lowest BCUT2D eigenvalue weighted by atomic mass is 10.1. The molecule has 0 unspecified atom stereocenters. The minimum absolute atomic E-state index is 0.0222. The normalized spacial score (nSPS) is 11.8. The van der Waals surface area contributed by atoms with Crippen LogP contribution in [0.3, 0.4) is 0 Å². The predicted molar refractivity (Wildman–Crippen MR) is 113 cm³/mol. The summed E-state index contributed by atoms with van der Waals surface area (Å²) in [6.07, 6.45) is 0. The van der Waals surface area contributed by atoms with E-state index in [4.69, 9.17) is 0 Å². The smallest absolute Gasteiger partial charge is 0.387 e. The van der Waals surface area contributed by atoms with E-state index >= 15 is 0 Å². The van der Waals surface area contributed by atoms with Crippen molar-refractivity contribution in [2.45, 2.75) is 18.1 Å².